The fourth-order valence-electron chi connectivity index (χ4n) is 0.649. The van der Waals surface area contributed by atoms with Crippen molar-refractivity contribution in [1.82, 2.24) is 5.48 Å². The van der Waals surface area contributed by atoms with Gasteiger partial charge in [-0.3, -0.25) is 10.0 Å². The van der Waals surface area contributed by atoms with Gasteiger partial charge in [-0.05, 0) is 6.07 Å². The number of hydroxylamine groups is 1. The van der Waals surface area contributed by atoms with Crippen molar-refractivity contribution in [3.05, 3.63) is 17.0 Å². The lowest BCUT2D eigenvalue weighted by Crippen LogP contribution is -2.18. The van der Waals surface area contributed by atoms with Crippen molar-refractivity contribution in [2.75, 3.05) is 0 Å². The first kappa shape index (κ1) is 10.1. The molecule has 0 bridgehead atoms. The maximum atomic E-state index is 10.8. The van der Waals surface area contributed by atoms with Crippen LogP contribution in [0.1, 0.15) is 10.4 Å². The topological polar surface area (TPSA) is 109 Å². The summed E-state index contributed by atoms with van der Waals surface area (Å²) in [7, 11) is -3.77. The summed E-state index contributed by atoms with van der Waals surface area (Å²) in [6.07, 6.45) is 0. The standard InChI is InChI=1S/C5H6N2O4S2/c6-13(10,11)4-1-3(2-12-4)5(8)7-9/h1-2,9H,(H,7,8)(H2,6,10,11). The van der Waals surface area contributed by atoms with Gasteiger partial charge in [0.15, 0.2) is 0 Å². The van der Waals surface area contributed by atoms with Crippen LogP contribution in [0.5, 0.6) is 0 Å². The zero-order valence-electron chi connectivity index (χ0n) is 6.22. The van der Waals surface area contributed by atoms with Crippen molar-refractivity contribution in [2.45, 2.75) is 4.21 Å². The van der Waals surface area contributed by atoms with Gasteiger partial charge < -0.3 is 0 Å². The molecule has 1 amide bonds. The average Bonchev–Trinajstić information content (AvgIpc) is 2.50. The van der Waals surface area contributed by atoms with E-state index in [0.717, 1.165) is 17.4 Å². The summed E-state index contributed by atoms with van der Waals surface area (Å²) in [5, 5.41) is 14.3. The van der Waals surface area contributed by atoms with E-state index in [1.54, 1.807) is 0 Å². The highest BCUT2D eigenvalue weighted by Gasteiger charge is 2.14. The Labute approximate surface area is 78.0 Å². The van der Waals surface area contributed by atoms with Crippen LogP contribution in [-0.2, 0) is 10.0 Å². The predicted molar refractivity (Wildman–Crippen MR) is 44.9 cm³/mol. The molecule has 0 fully saturated rings. The SMILES string of the molecule is NS(=O)(=O)c1cc(C(=O)NO)cs1. The molecular formula is C5H6N2O4S2. The van der Waals surface area contributed by atoms with Crippen LogP contribution in [0, 0.1) is 0 Å². The second-order valence-corrected chi connectivity index (χ2v) is 4.84. The number of carbonyl (C=O) groups excluding carboxylic acids is 1. The molecule has 0 saturated heterocycles. The fraction of sp³-hybridized carbons (Fsp3) is 0. The molecule has 0 aromatic carbocycles. The monoisotopic (exact) mass is 222 g/mol. The van der Waals surface area contributed by atoms with Crippen LogP contribution in [-0.4, -0.2) is 19.5 Å². The summed E-state index contributed by atoms with van der Waals surface area (Å²) >= 11 is 0.815. The molecule has 0 radical (unpaired) electrons. The van der Waals surface area contributed by atoms with Gasteiger partial charge in [-0.25, -0.2) is 19.0 Å². The van der Waals surface area contributed by atoms with Crippen LogP contribution in [0.4, 0.5) is 0 Å². The molecule has 6 nitrogen and oxygen atoms in total. The van der Waals surface area contributed by atoms with E-state index < -0.39 is 15.9 Å². The first-order valence-corrected chi connectivity index (χ1v) is 5.43. The molecule has 0 aliphatic heterocycles. The van der Waals surface area contributed by atoms with Gasteiger partial charge in [0.1, 0.15) is 4.21 Å². The Morgan fingerprint density at radius 2 is 2.23 bits per heavy atom. The molecule has 13 heavy (non-hydrogen) atoms. The molecule has 1 aromatic rings. The molecule has 1 aromatic heterocycles. The zero-order valence-corrected chi connectivity index (χ0v) is 7.85. The first-order valence-electron chi connectivity index (χ1n) is 3.01. The minimum atomic E-state index is -3.77. The second-order valence-electron chi connectivity index (χ2n) is 2.14. The van der Waals surface area contributed by atoms with E-state index in [9.17, 15) is 13.2 Å². The summed E-state index contributed by atoms with van der Waals surface area (Å²) in [6.45, 7) is 0. The molecule has 0 aliphatic rings. The van der Waals surface area contributed by atoms with Crippen LogP contribution in [0.25, 0.3) is 0 Å². The molecule has 0 atom stereocenters. The lowest BCUT2D eigenvalue weighted by atomic mass is 10.3. The normalized spacial score (nSPS) is 11.2. The maximum absolute atomic E-state index is 10.8. The molecule has 0 saturated carbocycles. The Bertz CT molecular complexity index is 421. The third-order valence-corrected chi connectivity index (χ3v) is 3.61. The molecule has 1 heterocycles. The number of rotatable bonds is 2. The fourth-order valence-corrected chi connectivity index (χ4v) is 2.23. The van der Waals surface area contributed by atoms with E-state index in [1.807, 2.05) is 0 Å². The van der Waals surface area contributed by atoms with Gasteiger partial charge in [-0.1, -0.05) is 0 Å². The van der Waals surface area contributed by atoms with Gasteiger partial charge in [-0.15, -0.1) is 11.3 Å². The summed E-state index contributed by atoms with van der Waals surface area (Å²) in [5.74, 6) is -0.772. The molecular weight excluding hydrogens is 216 g/mol. The quantitative estimate of drug-likeness (QED) is 0.463. The van der Waals surface area contributed by atoms with Gasteiger partial charge in [-0.2, -0.15) is 0 Å². The summed E-state index contributed by atoms with van der Waals surface area (Å²) in [6, 6.07) is 1.09. The van der Waals surface area contributed by atoms with Gasteiger partial charge in [0.2, 0.25) is 10.0 Å². The first-order chi connectivity index (χ1) is 5.95. The third kappa shape index (κ3) is 2.25. The number of amides is 1. The Morgan fingerprint density at radius 3 is 2.62 bits per heavy atom. The number of hydrogen-bond donors (Lipinski definition) is 3. The van der Waals surface area contributed by atoms with Crippen LogP contribution in [0.15, 0.2) is 15.7 Å². The lowest BCUT2D eigenvalue weighted by Gasteiger charge is -1.91. The Balaban J connectivity index is 3.07. The second kappa shape index (κ2) is 3.42. The number of nitrogens with one attached hydrogen (secondary N) is 1. The third-order valence-electron chi connectivity index (χ3n) is 1.22. The van der Waals surface area contributed by atoms with Crippen LogP contribution >= 0.6 is 11.3 Å². The van der Waals surface area contributed by atoms with E-state index in [-0.39, 0.29) is 9.77 Å². The van der Waals surface area contributed by atoms with Crippen LogP contribution < -0.4 is 10.6 Å². The van der Waals surface area contributed by atoms with Crippen molar-refractivity contribution < 1.29 is 18.4 Å². The van der Waals surface area contributed by atoms with E-state index in [2.05, 4.69) is 0 Å². The minimum absolute atomic E-state index is 0.0523. The van der Waals surface area contributed by atoms with Gasteiger partial charge in [0, 0.05) is 5.38 Å². The van der Waals surface area contributed by atoms with E-state index >= 15 is 0 Å². The van der Waals surface area contributed by atoms with E-state index in [0.29, 0.717) is 0 Å². The molecule has 0 spiro atoms. The van der Waals surface area contributed by atoms with E-state index in [4.69, 9.17) is 10.3 Å². The number of hydrogen-bond acceptors (Lipinski definition) is 5. The van der Waals surface area contributed by atoms with Crippen LogP contribution in [0.3, 0.4) is 0 Å². The van der Waals surface area contributed by atoms with Gasteiger partial charge in [0.05, 0.1) is 5.56 Å². The van der Waals surface area contributed by atoms with Gasteiger partial charge in [0.25, 0.3) is 5.91 Å². The molecule has 0 aliphatic carbocycles. The number of carbonyl (C=O) groups is 1. The summed E-state index contributed by atoms with van der Waals surface area (Å²) < 4.78 is 21.4. The van der Waals surface area contributed by atoms with Crippen molar-refractivity contribution in [3.8, 4) is 0 Å². The molecule has 8 heteroatoms. The average molecular weight is 222 g/mol. The Kier molecular flexibility index (Phi) is 2.66. The number of primary sulfonamides is 1. The Morgan fingerprint density at radius 1 is 1.62 bits per heavy atom. The number of thiophene rings is 1. The highest BCUT2D eigenvalue weighted by molar-refractivity contribution is 7.91. The highest BCUT2D eigenvalue weighted by atomic mass is 32.2. The highest BCUT2D eigenvalue weighted by Crippen LogP contribution is 2.18. The molecule has 0 unspecified atom stereocenters. The minimum Gasteiger partial charge on any atom is -0.288 e. The Hall–Kier alpha value is -0.960. The van der Waals surface area contributed by atoms with Crippen molar-refractivity contribution >= 4 is 27.3 Å². The molecule has 1 rings (SSSR count). The zero-order chi connectivity index (χ0) is 10.1. The smallest absolute Gasteiger partial charge is 0.275 e. The van der Waals surface area contributed by atoms with E-state index in [1.165, 1.54) is 10.9 Å². The van der Waals surface area contributed by atoms with Gasteiger partial charge >= 0.3 is 0 Å². The molecule has 72 valence electrons. The maximum Gasteiger partial charge on any atom is 0.275 e. The van der Waals surface area contributed by atoms with Crippen LogP contribution in [0.2, 0.25) is 0 Å². The number of sulfonamides is 1. The molecule has 4 N–H and O–H groups in total. The van der Waals surface area contributed by atoms with Crippen molar-refractivity contribution in [3.63, 3.8) is 0 Å². The number of nitrogens with two attached hydrogens (primary N) is 1. The predicted octanol–water partition coefficient (Wildman–Crippen LogP) is -0.485. The lowest BCUT2D eigenvalue weighted by molar-refractivity contribution is 0.0707. The van der Waals surface area contributed by atoms with Crippen molar-refractivity contribution in [2.24, 2.45) is 5.14 Å². The van der Waals surface area contributed by atoms with Crippen molar-refractivity contribution in [1.29, 1.82) is 0 Å². The summed E-state index contributed by atoms with van der Waals surface area (Å²) in [4.78, 5) is 10.8. The summed E-state index contributed by atoms with van der Waals surface area (Å²) in [5.41, 5.74) is 1.43. The largest absolute Gasteiger partial charge is 0.288 e.